The smallest absolute Gasteiger partial charge is 0.289 e. The summed E-state index contributed by atoms with van der Waals surface area (Å²) in [5.74, 6) is 0.537. The molecule has 0 spiro atoms. The second kappa shape index (κ2) is 2.54. The fraction of sp³-hybridized carbons (Fsp3) is 0.250. The first-order chi connectivity index (χ1) is 4.34. The normalized spacial score (nSPS) is 9.00. The molecule has 1 heterocycles. The van der Waals surface area contributed by atoms with E-state index < -0.39 is 0 Å². The Morgan fingerprint density at radius 1 is 1.89 bits per heavy atom. The Hall–Kier alpha value is -0.970. The highest BCUT2D eigenvalue weighted by molar-refractivity contribution is 7.03. The van der Waals surface area contributed by atoms with E-state index in [4.69, 9.17) is 0 Å². The van der Waals surface area contributed by atoms with Crippen LogP contribution in [0.5, 0.6) is 0 Å². The van der Waals surface area contributed by atoms with Crippen molar-refractivity contribution in [2.24, 2.45) is 0 Å². The summed E-state index contributed by atoms with van der Waals surface area (Å²) in [4.78, 5) is 11.2. The maximum absolute atomic E-state index is 9.94. The summed E-state index contributed by atoms with van der Waals surface area (Å²) in [5, 5.41) is 5.29. The van der Waals surface area contributed by atoms with Gasteiger partial charge in [0.25, 0.3) is 0 Å². The Labute approximate surface area is 56.3 Å². The Kier molecular flexibility index (Phi) is 1.74. The number of carbonyl (C=O) groups excluding carboxylic acids is 1. The molecule has 0 unspecified atom stereocenters. The Bertz CT molecular complexity index is 186. The molecule has 0 fully saturated rings. The van der Waals surface area contributed by atoms with Gasteiger partial charge in [0, 0.05) is 7.05 Å². The van der Waals surface area contributed by atoms with Crippen molar-refractivity contribution in [1.29, 1.82) is 0 Å². The van der Waals surface area contributed by atoms with Gasteiger partial charge in [-0.1, -0.05) is 4.49 Å². The van der Waals surface area contributed by atoms with Gasteiger partial charge in [0.2, 0.25) is 0 Å². The van der Waals surface area contributed by atoms with E-state index in [0.29, 0.717) is 5.82 Å². The minimum atomic E-state index is 0.537. The predicted molar refractivity (Wildman–Crippen MR) is 34.0 cm³/mol. The number of aromatic nitrogens is 2. The molecule has 0 aliphatic rings. The van der Waals surface area contributed by atoms with Crippen molar-refractivity contribution in [1.82, 2.24) is 9.59 Å². The van der Waals surface area contributed by atoms with Gasteiger partial charge in [-0.3, -0.25) is 9.69 Å². The first-order valence-electron chi connectivity index (χ1n) is 2.23. The number of amides is 1. The number of anilines is 1. The lowest BCUT2D eigenvalue weighted by Crippen LogP contribution is -2.13. The molecule has 0 aliphatic carbocycles. The summed E-state index contributed by atoms with van der Waals surface area (Å²) in [6.07, 6.45) is 1.65. The number of hydrogen-bond acceptors (Lipinski definition) is 4. The minimum Gasteiger partial charge on any atom is -0.289 e. The van der Waals surface area contributed by atoms with E-state index in [9.17, 15) is 4.79 Å². The second-order valence-electron chi connectivity index (χ2n) is 1.41. The lowest BCUT2D eigenvalue weighted by Gasteiger charge is -2.00. The fourth-order valence-corrected chi connectivity index (χ4v) is 0.830. The lowest BCUT2D eigenvalue weighted by atomic mass is 10.7. The fourth-order valence-electron chi connectivity index (χ4n) is 0.353. The van der Waals surface area contributed by atoms with Crippen molar-refractivity contribution in [3.8, 4) is 0 Å². The summed E-state index contributed by atoms with van der Waals surface area (Å²) in [6, 6.07) is 0. The van der Waals surface area contributed by atoms with Gasteiger partial charge >= 0.3 is 6.41 Å². The molecular weight excluding hydrogens is 138 g/mol. The van der Waals surface area contributed by atoms with Gasteiger partial charge in [-0.05, 0) is 11.5 Å². The van der Waals surface area contributed by atoms with Crippen LogP contribution in [0.2, 0.25) is 0 Å². The number of rotatable bonds is 2. The zero-order chi connectivity index (χ0) is 6.69. The van der Waals surface area contributed by atoms with Crippen molar-refractivity contribution in [3.05, 3.63) is 5.38 Å². The van der Waals surface area contributed by atoms with Crippen molar-refractivity contribution in [3.63, 3.8) is 0 Å². The van der Waals surface area contributed by atoms with E-state index in [0.717, 1.165) is 0 Å². The van der Waals surface area contributed by atoms with Crippen molar-refractivity contribution < 1.29 is 4.79 Å². The van der Waals surface area contributed by atoms with Gasteiger partial charge in [-0.15, -0.1) is 5.10 Å². The van der Waals surface area contributed by atoms with Gasteiger partial charge in [-0.25, -0.2) is 0 Å². The average Bonchev–Trinajstić information content (AvgIpc) is 2.37. The van der Waals surface area contributed by atoms with Crippen molar-refractivity contribution in [2.75, 3.05) is 11.9 Å². The van der Waals surface area contributed by atoms with E-state index in [-0.39, 0.29) is 0 Å². The first kappa shape index (κ1) is 6.15. The van der Waals surface area contributed by atoms with E-state index in [1.54, 1.807) is 18.8 Å². The molecule has 1 amide bonds. The van der Waals surface area contributed by atoms with Crippen LogP contribution in [0.15, 0.2) is 5.38 Å². The third kappa shape index (κ3) is 1.23. The van der Waals surface area contributed by atoms with Crippen molar-refractivity contribution >= 4 is 23.8 Å². The summed E-state index contributed by atoms with van der Waals surface area (Å²) in [5.41, 5.74) is 0. The zero-order valence-corrected chi connectivity index (χ0v) is 5.55. The molecule has 1 aromatic heterocycles. The summed E-state index contributed by atoms with van der Waals surface area (Å²) >= 11 is 1.20. The third-order valence-corrected chi connectivity index (χ3v) is 1.32. The van der Waals surface area contributed by atoms with Crippen LogP contribution in [0.4, 0.5) is 5.82 Å². The SMILES string of the molecule is CN([C]=O)c1csnn1. The Balaban J connectivity index is 2.76. The molecule has 0 aliphatic heterocycles. The van der Waals surface area contributed by atoms with Gasteiger partial charge in [-0.2, -0.15) is 0 Å². The molecular formula is C4H4N3OS. The average molecular weight is 142 g/mol. The maximum atomic E-state index is 9.94. The molecule has 1 rings (SSSR count). The van der Waals surface area contributed by atoms with Crippen LogP contribution in [0.3, 0.4) is 0 Å². The van der Waals surface area contributed by atoms with Crippen LogP contribution in [0, 0.1) is 0 Å². The van der Waals surface area contributed by atoms with Crippen LogP contribution < -0.4 is 4.90 Å². The van der Waals surface area contributed by atoms with Gasteiger partial charge < -0.3 is 0 Å². The lowest BCUT2D eigenvalue weighted by molar-refractivity contribution is 0.554. The molecule has 4 nitrogen and oxygen atoms in total. The molecule has 0 aromatic carbocycles. The van der Waals surface area contributed by atoms with E-state index in [1.807, 2.05) is 0 Å². The number of nitrogens with zero attached hydrogens (tertiary/aromatic N) is 3. The molecule has 5 heteroatoms. The first-order valence-corrected chi connectivity index (χ1v) is 3.07. The molecule has 1 radical (unpaired) electrons. The molecule has 0 saturated carbocycles. The van der Waals surface area contributed by atoms with Gasteiger partial charge in [0.15, 0.2) is 5.82 Å². The van der Waals surface area contributed by atoms with E-state index in [2.05, 4.69) is 9.59 Å². The largest absolute Gasteiger partial charge is 0.317 e. The zero-order valence-electron chi connectivity index (χ0n) is 4.74. The minimum absolute atomic E-state index is 0.537. The highest BCUT2D eigenvalue weighted by atomic mass is 32.1. The van der Waals surface area contributed by atoms with Crippen LogP contribution in [-0.2, 0) is 4.79 Å². The third-order valence-electron chi connectivity index (χ3n) is 0.829. The van der Waals surface area contributed by atoms with Crippen LogP contribution in [0.1, 0.15) is 0 Å². The number of hydrogen-bond donors (Lipinski definition) is 0. The maximum Gasteiger partial charge on any atom is 0.317 e. The van der Waals surface area contributed by atoms with Crippen LogP contribution in [-0.4, -0.2) is 23.0 Å². The van der Waals surface area contributed by atoms with Crippen LogP contribution >= 0.6 is 11.5 Å². The monoisotopic (exact) mass is 142 g/mol. The Morgan fingerprint density at radius 3 is 3.11 bits per heavy atom. The molecule has 1 aromatic rings. The Morgan fingerprint density at radius 2 is 2.67 bits per heavy atom. The molecule has 47 valence electrons. The highest BCUT2D eigenvalue weighted by Crippen LogP contribution is 2.05. The quantitative estimate of drug-likeness (QED) is 0.548. The van der Waals surface area contributed by atoms with Crippen molar-refractivity contribution in [2.45, 2.75) is 0 Å². The molecule has 0 bridgehead atoms. The standard InChI is InChI=1S/C4H4N3OS/c1-7(3-8)4-2-9-6-5-4/h2H,1H3. The predicted octanol–water partition coefficient (Wildman–Crippen LogP) is 0.0415. The summed E-state index contributed by atoms with van der Waals surface area (Å²) in [7, 11) is 1.57. The molecule has 0 saturated heterocycles. The molecule has 0 atom stereocenters. The van der Waals surface area contributed by atoms with Gasteiger partial charge in [0.05, 0.1) is 5.38 Å². The van der Waals surface area contributed by atoms with Gasteiger partial charge in [0.1, 0.15) is 0 Å². The second-order valence-corrected chi connectivity index (χ2v) is 2.02. The summed E-state index contributed by atoms with van der Waals surface area (Å²) < 4.78 is 3.56. The topological polar surface area (TPSA) is 46.1 Å². The van der Waals surface area contributed by atoms with Crippen LogP contribution in [0.25, 0.3) is 0 Å². The molecule has 0 N–H and O–H groups in total. The van der Waals surface area contributed by atoms with E-state index in [1.165, 1.54) is 16.4 Å². The highest BCUT2D eigenvalue weighted by Gasteiger charge is 2.00. The van der Waals surface area contributed by atoms with E-state index >= 15 is 0 Å². The summed E-state index contributed by atoms with van der Waals surface area (Å²) in [6.45, 7) is 0. The molecule has 9 heavy (non-hydrogen) atoms.